The number of aromatic nitrogens is 3. The van der Waals surface area contributed by atoms with Crippen molar-refractivity contribution in [2.75, 3.05) is 16.3 Å². The number of thiazole rings is 1. The molecule has 0 unspecified atom stereocenters. The van der Waals surface area contributed by atoms with E-state index in [2.05, 4.69) is 25.0 Å². The number of hydrogen-bond donors (Lipinski definition) is 3. The second-order valence-corrected chi connectivity index (χ2v) is 9.10. The van der Waals surface area contributed by atoms with Gasteiger partial charge in [0, 0.05) is 18.5 Å². The molecule has 0 radical (unpaired) electrons. The third-order valence-corrected chi connectivity index (χ3v) is 5.60. The molecule has 28 heavy (non-hydrogen) atoms. The lowest BCUT2D eigenvalue weighted by atomic mass is 10.2. The number of carbonyl (C=O) groups excluding carboxylic acids is 1. The van der Waals surface area contributed by atoms with Gasteiger partial charge >= 0.3 is 0 Å². The van der Waals surface area contributed by atoms with Crippen molar-refractivity contribution in [3.8, 4) is 0 Å². The Morgan fingerprint density at radius 3 is 2.75 bits per heavy atom. The molecule has 0 saturated heterocycles. The number of rotatable bonds is 6. The molecule has 8 nitrogen and oxygen atoms in total. The number of imidazole rings is 1. The highest BCUT2D eigenvalue weighted by atomic mass is 32.2. The summed E-state index contributed by atoms with van der Waals surface area (Å²) in [6.45, 7) is 0. The minimum absolute atomic E-state index is 0.126. The number of aryl methyl sites for hydroxylation is 1. The molecule has 144 valence electrons. The van der Waals surface area contributed by atoms with E-state index in [4.69, 9.17) is 0 Å². The molecule has 0 saturated carbocycles. The highest BCUT2D eigenvalue weighted by Gasteiger charge is 2.11. The van der Waals surface area contributed by atoms with Gasteiger partial charge in [-0.25, -0.2) is 18.4 Å². The van der Waals surface area contributed by atoms with Crippen molar-refractivity contribution in [1.29, 1.82) is 0 Å². The molecule has 3 N–H and O–H groups in total. The van der Waals surface area contributed by atoms with Gasteiger partial charge in [0.2, 0.25) is 15.9 Å². The Labute approximate surface area is 165 Å². The van der Waals surface area contributed by atoms with Gasteiger partial charge in [-0.3, -0.25) is 9.52 Å². The van der Waals surface area contributed by atoms with E-state index in [0.717, 1.165) is 27.8 Å². The predicted octanol–water partition coefficient (Wildman–Crippen LogP) is 3.12. The Bertz CT molecular complexity index is 1240. The summed E-state index contributed by atoms with van der Waals surface area (Å²) in [6.07, 6.45) is 1.87. The molecule has 0 aliphatic rings. The number of benzene rings is 2. The van der Waals surface area contributed by atoms with E-state index in [1.165, 1.54) is 11.3 Å². The second-order valence-electron chi connectivity index (χ2n) is 6.32. The molecule has 0 aliphatic heterocycles. The zero-order valence-electron chi connectivity index (χ0n) is 14.9. The average molecular weight is 416 g/mol. The van der Waals surface area contributed by atoms with Crippen LogP contribution >= 0.6 is 11.3 Å². The molecule has 2 aromatic heterocycles. The maximum Gasteiger partial charge on any atom is 0.231 e. The van der Waals surface area contributed by atoms with E-state index in [0.29, 0.717) is 29.2 Å². The minimum atomic E-state index is -3.38. The summed E-state index contributed by atoms with van der Waals surface area (Å²) < 4.78 is 25.8. The fraction of sp³-hybridized carbons (Fsp3) is 0.167. The first-order valence-electron chi connectivity index (χ1n) is 8.47. The van der Waals surface area contributed by atoms with Gasteiger partial charge in [-0.1, -0.05) is 23.5 Å². The van der Waals surface area contributed by atoms with Crippen LogP contribution in [0.25, 0.3) is 21.3 Å². The molecule has 4 aromatic rings. The normalized spacial score (nSPS) is 11.8. The Morgan fingerprint density at radius 1 is 1.14 bits per heavy atom. The van der Waals surface area contributed by atoms with Crippen LogP contribution in [0.15, 0.2) is 42.5 Å². The van der Waals surface area contributed by atoms with Gasteiger partial charge in [-0.15, -0.1) is 0 Å². The topological polar surface area (TPSA) is 117 Å². The fourth-order valence-electron chi connectivity index (χ4n) is 2.78. The van der Waals surface area contributed by atoms with Crippen molar-refractivity contribution < 1.29 is 13.2 Å². The number of nitrogens with zero attached hydrogens (tertiary/aromatic N) is 2. The molecular weight excluding hydrogens is 398 g/mol. The summed E-state index contributed by atoms with van der Waals surface area (Å²) in [7, 11) is -3.38. The van der Waals surface area contributed by atoms with Gasteiger partial charge in [-0.2, -0.15) is 0 Å². The van der Waals surface area contributed by atoms with Crippen molar-refractivity contribution in [3.63, 3.8) is 0 Å². The van der Waals surface area contributed by atoms with E-state index in [1.54, 1.807) is 18.2 Å². The summed E-state index contributed by atoms with van der Waals surface area (Å²) in [5.74, 6) is 0.643. The zero-order valence-corrected chi connectivity index (χ0v) is 16.5. The number of fused-ring (bicyclic) bond motifs is 2. The Hall–Kier alpha value is -2.98. The molecule has 10 heteroatoms. The first kappa shape index (κ1) is 18.4. The fourth-order valence-corrected chi connectivity index (χ4v) is 4.52. The van der Waals surface area contributed by atoms with E-state index in [-0.39, 0.29) is 5.91 Å². The second kappa shape index (κ2) is 7.21. The van der Waals surface area contributed by atoms with Crippen LogP contribution in [0.2, 0.25) is 0 Å². The SMILES string of the molecule is CS(=O)(=O)Nc1nc2ccc(NC(=O)CCc3nc4ccccc4[nH]3)cc2s1. The van der Waals surface area contributed by atoms with Crippen molar-refractivity contribution >= 4 is 59.3 Å². The highest BCUT2D eigenvalue weighted by molar-refractivity contribution is 7.92. The van der Waals surface area contributed by atoms with Gasteiger partial charge in [0.15, 0.2) is 5.13 Å². The number of para-hydroxylation sites is 2. The Kier molecular flexibility index (Phi) is 4.73. The van der Waals surface area contributed by atoms with Gasteiger partial charge in [0.25, 0.3) is 0 Å². The first-order chi connectivity index (χ1) is 13.4. The number of carbonyl (C=O) groups is 1. The first-order valence-corrected chi connectivity index (χ1v) is 11.2. The van der Waals surface area contributed by atoms with Crippen LogP contribution in [0.4, 0.5) is 10.8 Å². The predicted molar refractivity (Wildman–Crippen MR) is 111 cm³/mol. The standard InChI is InChI=1S/C18H17N5O3S2/c1-28(25,26)23-18-22-14-7-6-11(10-15(14)27-18)19-17(24)9-8-16-20-12-4-2-3-5-13(12)21-16/h2-7,10H,8-9H2,1H3,(H,19,24)(H,20,21)(H,22,23). The summed E-state index contributed by atoms with van der Waals surface area (Å²) in [6, 6.07) is 13.0. The minimum Gasteiger partial charge on any atom is -0.342 e. The number of nitrogens with one attached hydrogen (secondary N) is 3. The van der Waals surface area contributed by atoms with Gasteiger partial charge in [-0.05, 0) is 30.3 Å². The summed E-state index contributed by atoms with van der Waals surface area (Å²) >= 11 is 1.21. The summed E-state index contributed by atoms with van der Waals surface area (Å²) in [4.78, 5) is 24.2. The van der Waals surface area contributed by atoms with Crippen molar-refractivity contribution in [2.45, 2.75) is 12.8 Å². The Balaban J connectivity index is 1.41. The van der Waals surface area contributed by atoms with Crippen LogP contribution in [0, 0.1) is 0 Å². The smallest absolute Gasteiger partial charge is 0.231 e. The number of H-pyrrole nitrogens is 1. The van der Waals surface area contributed by atoms with E-state index in [9.17, 15) is 13.2 Å². The van der Waals surface area contributed by atoms with Gasteiger partial charge in [0.1, 0.15) is 5.82 Å². The quantitative estimate of drug-likeness (QED) is 0.447. The van der Waals surface area contributed by atoms with Crippen LogP contribution in [0.1, 0.15) is 12.2 Å². The van der Waals surface area contributed by atoms with Crippen LogP contribution in [0.3, 0.4) is 0 Å². The molecule has 0 fully saturated rings. The molecule has 0 aliphatic carbocycles. The molecule has 1 amide bonds. The van der Waals surface area contributed by atoms with Crippen LogP contribution in [-0.2, 0) is 21.2 Å². The van der Waals surface area contributed by atoms with Crippen molar-refractivity contribution in [1.82, 2.24) is 15.0 Å². The highest BCUT2D eigenvalue weighted by Crippen LogP contribution is 2.29. The van der Waals surface area contributed by atoms with E-state index >= 15 is 0 Å². The summed E-state index contributed by atoms with van der Waals surface area (Å²) in [5, 5.41) is 3.15. The lowest BCUT2D eigenvalue weighted by Crippen LogP contribution is -2.12. The van der Waals surface area contributed by atoms with Crippen LogP contribution in [-0.4, -0.2) is 35.5 Å². The summed E-state index contributed by atoms with van der Waals surface area (Å²) in [5.41, 5.74) is 3.13. The maximum atomic E-state index is 12.3. The van der Waals surface area contributed by atoms with Crippen LogP contribution < -0.4 is 10.0 Å². The average Bonchev–Trinajstić information content (AvgIpc) is 3.20. The number of anilines is 2. The molecule has 2 aromatic carbocycles. The third kappa shape index (κ3) is 4.29. The number of aromatic amines is 1. The monoisotopic (exact) mass is 415 g/mol. The lowest BCUT2D eigenvalue weighted by Gasteiger charge is -2.04. The number of hydrogen-bond acceptors (Lipinski definition) is 6. The zero-order chi connectivity index (χ0) is 19.7. The van der Waals surface area contributed by atoms with E-state index < -0.39 is 10.0 Å². The van der Waals surface area contributed by atoms with Crippen molar-refractivity contribution in [2.24, 2.45) is 0 Å². The van der Waals surface area contributed by atoms with Gasteiger partial charge in [0.05, 0.1) is 27.5 Å². The third-order valence-electron chi connectivity index (χ3n) is 3.97. The molecule has 2 heterocycles. The largest absolute Gasteiger partial charge is 0.342 e. The van der Waals surface area contributed by atoms with Crippen LogP contribution in [0.5, 0.6) is 0 Å². The molecule has 0 spiro atoms. The molecule has 0 bridgehead atoms. The van der Waals surface area contributed by atoms with Gasteiger partial charge < -0.3 is 10.3 Å². The van der Waals surface area contributed by atoms with Crippen molar-refractivity contribution in [3.05, 3.63) is 48.3 Å². The number of sulfonamides is 1. The molecule has 0 atom stereocenters. The van der Waals surface area contributed by atoms with E-state index in [1.807, 2.05) is 24.3 Å². The number of amides is 1. The maximum absolute atomic E-state index is 12.3. The molecular formula is C18H17N5O3S2. The lowest BCUT2D eigenvalue weighted by molar-refractivity contribution is -0.116. The Morgan fingerprint density at radius 2 is 1.96 bits per heavy atom. The molecule has 4 rings (SSSR count).